The molecule has 0 aliphatic rings. The molecule has 0 atom stereocenters. The normalized spacial score (nSPS) is 11.2. The molecule has 0 fully saturated rings. The minimum Gasteiger partial charge on any atom is -0.369 e. The van der Waals surface area contributed by atoms with Gasteiger partial charge in [0.15, 0.2) is 11.2 Å². The van der Waals surface area contributed by atoms with Crippen LogP contribution in [-0.4, -0.2) is 49.3 Å². The van der Waals surface area contributed by atoms with E-state index in [9.17, 15) is 9.18 Å². The molecule has 0 bridgehead atoms. The van der Waals surface area contributed by atoms with E-state index in [1.807, 2.05) is 0 Å². The summed E-state index contributed by atoms with van der Waals surface area (Å²) in [5.74, 6) is -0.0843. The Morgan fingerprint density at radius 2 is 1.36 bits per heavy atom. The minimum absolute atomic E-state index is 0.0123. The molecule has 2 rings (SSSR count). The maximum absolute atomic E-state index is 12.4. The molecule has 2 aromatic rings. The highest BCUT2D eigenvalue weighted by atomic mass is 31.2. The third-order valence-electron chi connectivity index (χ3n) is 1.35. The first-order chi connectivity index (χ1) is 9.66. The van der Waals surface area contributed by atoms with Gasteiger partial charge in [-0.2, -0.15) is 14.4 Å². The zero-order chi connectivity index (χ0) is 17.7. The zero-order valence-electron chi connectivity index (χ0n) is 10.2. The van der Waals surface area contributed by atoms with Crippen molar-refractivity contribution in [1.82, 2.24) is 19.9 Å². The molecule has 2 aromatic heterocycles. The number of rotatable bonds is 0. The number of nitrogens with one attached hydrogen (secondary N) is 2. The lowest BCUT2D eigenvalue weighted by Gasteiger charge is -1.88. The Hall–Kier alpha value is -1.70. The molecule has 10 N–H and O–H groups in total. The third kappa shape index (κ3) is 11.0. The van der Waals surface area contributed by atoms with E-state index in [0.717, 1.165) is 0 Å². The van der Waals surface area contributed by atoms with Gasteiger partial charge in [0, 0.05) is 0 Å². The van der Waals surface area contributed by atoms with Gasteiger partial charge in [0.25, 0.3) is 11.6 Å². The molecule has 0 aromatic carbocycles. The molecule has 22 heavy (non-hydrogen) atoms. The SMILES string of the molecule is Nc1nc2nc(F)[nH]c2c(=O)[nH]1.O=P(O)(O)O.O=P(O)(O)O. The van der Waals surface area contributed by atoms with E-state index in [-0.39, 0.29) is 17.1 Å². The summed E-state index contributed by atoms with van der Waals surface area (Å²) in [6.07, 6.45) is -0.853. The number of anilines is 1. The van der Waals surface area contributed by atoms with Gasteiger partial charge in [-0.1, -0.05) is 0 Å². The Balaban J connectivity index is 0.000000372. The van der Waals surface area contributed by atoms with Gasteiger partial charge in [0.05, 0.1) is 0 Å². The number of imidazole rings is 1. The predicted octanol–water partition coefficient (Wildman–Crippen LogP) is -2.49. The first kappa shape index (κ1) is 20.3. The van der Waals surface area contributed by atoms with Gasteiger partial charge in [0.2, 0.25) is 5.95 Å². The summed E-state index contributed by atoms with van der Waals surface area (Å²) in [5, 5.41) is 0. The third-order valence-corrected chi connectivity index (χ3v) is 1.35. The van der Waals surface area contributed by atoms with Crippen LogP contribution in [0.4, 0.5) is 10.3 Å². The van der Waals surface area contributed by atoms with Crippen molar-refractivity contribution >= 4 is 32.8 Å². The Labute approximate surface area is 119 Å². The Morgan fingerprint density at radius 1 is 0.955 bits per heavy atom. The van der Waals surface area contributed by atoms with Crippen LogP contribution in [0.25, 0.3) is 11.2 Å². The lowest BCUT2D eigenvalue weighted by Crippen LogP contribution is -2.10. The van der Waals surface area contributed by atoms with E-state index in [0.29, 0.717) is 0 Å². The van der Waals surface area contributed by atoms with Gasteiger partial charge in [-0.05, 0) is 0 Å². The average molecular weight is 365 g/mol. The van der Waals surface area contributed by atoms with E-state index in [4.69, 9.17) is 44.2 Å². The summed E-state index contributed by atoms with van der Waals surface area (Å²) in [4.78, 5) is 65.3. The predicted molar refractivity (Wildman–Crippen MR) is 67.4 cm³/mol. The lowest BCUT2D eigenvalue weighted by molar-refractivity contribution is 0.272. The van der Waals surface area contributed by atoms with Crippen molar-refractivity contribution < 1.29 is 42.9 Å². The van der Waals surface area contributed by atoms with E-state index in [1.165, 1.54) is 0 Å². The van der Waals surface area contributed by atoms with Gasteiger partial charge in [0.1, 0.15) is 0 Å². The largest absolute Gasteiger partial charge is 0.466 e. The highest BCUT2D eigenvalue weighted by Gasteiger charge is 2.07. The second kappa shape index (κ2) is 7.53. The number of nitrogens with two attached hydrogens (primary N) is 1. The van der Waals surface area contributed by atoms with Crippen LogP contribution in [0.5, 0.6) is 0 Å². The first-order valence-corrected chi connectivity index (χ1v) is 7.77. The van der Waals surface area contributed by atoms with Gasteiger partial charge in [-0.15, -0.1) is 0 Å². The van der Waals surface area contributed by atoms with Crippen molar-refractivity contribution in [2.45, 2.75) is 0 Å². The number of aromatic amines is 2. The van der Waals surface area contributed by atoms with Gasteiger partial charge in [-0.25, -0.2) is 9.13 Å². The number of halogens is 1. The molecule has 0 aliphatic heterocycles. The summed E-state index contributed by atoms with van der Waals surface area (Å²) < 4.78 is 30.2. The number of phosphoric acid groups is 2. The number of fused-ring (bicyclic) bond motifs is 1. The van der Waals surface area contributed by atoms with E-state index >= 15 is 0 Å². The number of nitrogen functional groups attached to an aromatic ring is 1. The van der Waals surface area contributed by atoms with E-state index < -0.39 is 27.3 Å². The average Bonchev–Trinajstić information content (AvgIpc) is 2.53. The molecular weight excluding hydrogens is 355 g/mol. The zero-order valence-corrected chi connectivity index (χ0v) is 11.9. The van der Waals surface area contributed by atoms with Crippen LogP contribution < -0.4 is 11.3 Å². The van der Waals surface area contributed by atoms with Crippen molar-refractivity contribution in [2.24, 2.45) is 0 Å². The maximum Gasteiger partial charge on any atom is 0.466 e. The topological polar surface area (TPSA) is 256 Å². The number of hydrogen-bond donors (Lipinski definition) is 9. The second-order valence-corrected chi connectivity index (χ2v) is 5.26. The quantitative estimate of drug-likeness (QED) is 0.173. The molecule has 0 spiro atoms. The Morgan fingerprint density at radius 3 is 1.77 bits per heavy atom. The number of nitrogens with zero attached hydrogens (tertiary/aromatic N) is 2. The molecule has 0 saturated carbocycles. The molecule has 0 aliphatic carbocycles. The number of aromatic nitrogens is 4. The van der Waals surface area contributed by atoms with E-state index in [2.05, 4.69) is 19.9 Å². The molecule has 0 radical (unpaired) electrons. The standard InChI is InChI=1S/C5H4FN5O.2H3O4P/c6-4-8-1-2(9-4)10-5(7)11-3(1)12;2*1-5(2,3)4/h(H4,7,8,9,10,11,12);2*(H3,1,2,3,4). The lowest BCUT2D eigenvalue weighted by atomic mass is 10.5. The molecule has 0 unspecified atom stereocenters. The van der Waals surface area contributed by atoms with Crippen molar-refractivity contribution in [2.75, 3.05) is 5.73 Å². The summed E-state index contributed by atoms with van der Waals surface area (Å²) in [7, 11) is -9.28. The molecule has 2 heterocycles. The summed E-state index contributed by atoms with van der Waals surface area (Å²) in [5.41, 5.74) is 4.63. The minimum atomic E-state index is -4.64. The van der Waals surface area contributed by atoms with Crippen LogP contribution >= 0.6 is 15.6 Å². The van der Waals surface area contributed by atoms with Gasteiger partial charge in [-0.3, -0.25) is 9.78 Å². The molecular formula is C5H10FN5O9P2. The fourth-order valence-electron chi connectivity index (χ4n) is 0.896. The second-order valence-electron chi connectivity index (χ2n) is 3.20. The first-order valence-electron chi connectivity index (χ1n) is 4.64. The number of H-pyrrole nitrogens is 2. The molecule has 14 nitrogen and oxygen atoms in total. The van der Waals surface area contributed by atoms with E-state index in [1.54, 1.807) is 0 Å². The van der Waals surface area contributed by atoms with Gasteiger partial charge >= 0.3 is 15.6 Å². The van der Waals surface area contributed by atoms with Crippen LogP contribution in [-0.2, 0) is 9.13 Å². The molecule has 126 valence electrons. The van der Waals surface area contributed by atoms with Crippen molar-refractivity contribution in [3.05, 3.63) is 16.4 Å². The maximum atomic E-state index is 12.4. The number of hydrogen-bond acceptors (Lipinski definition) is 6. The van der Waals surface area contributed by atoms with Crippen molar-refractivity contribution in [3.8, 4) is 0 Å². The Kier molecular flexibility index (Phi) is 6.95. The van der Waals surface area contributed by atoms with Crippen molar-refractivity contribution in [3.63, 3.8) is 0 Å². The van der Waals surface area contributed by atoms with Crippen LogP contribution in [0.2, 0.25) is 0 Å². The highest BCUT2D eigenvalue weighted by molar-refractivity contribution is 7.45. The summed E-state index contributed by atoms with van der Waals surface area (Å²) >= 11 is 0. The van der Waals surface area contributed by atoms with Gasteiger partial charge < -0.3 is 40.1 Å². The fourth-order valence-corrected chi connectivity index (χ4v) is 0.896. The van der Waals surface area contributed by atoms with Crippen LogP contribution in [0.15, 0.2) is 4.79 Å². The fraction of sp³-hybridized carbons (Fsp3) is 0. The summed E-state index contributed by atoms with van der Waals surface area (Å²) in [6, 6.07) is 0. The molecule has 0 saturated heterocycles. The monoisotopic (exact) mass is 365 g/mol. The molecule has 0 amide bonds. The molecule has 17 heteroatoms. The summed E-state index contributed by atoms with van der Waals surface area (Å²) in [6.45, 7) is 0. The van der Waals surface area contributed by atoms with Crippen LogP contribution in [0.3, 0.4) is 0 Å². The van der Waals surface area contributed by atoms with Crippen LogP contribution in [0, 0.1) is 6.08 Å². The highest BCUT2D eigenvalue weighted by Crippen LogP contribution is 2.26. The Bertz CT molecular complexity index is 740. The van der Waals surface area contributed by atoms with Crippen molar-refractivity contribution in [1.29, 1.82) is 0 Å². The smallest absolute Gasteiger partial charge is 0.369 e. The van der Waals surface area contributed by atoms with Crippen LogP contribution in [0.1, 0.15) is 0 Å².